The first-order chi connectivity index (χ1) is 11.2. The van der Waals surface area contributed by atoms with Crippen LogP contribution in [0.5, 0.6) is 0 Å². The molecule has 0 aliphatic rings. The Morgan fingerprint density at radius 3 is 0.667 bits per heavy atom. The molecule has 0 aromatic carbocycles. The van der Waals surface area contributed by atoms with Crippen LogP contribution < -0.4 is 0 Å². The minimum atomic E-state index is -1.67. The van der Waals surface area contributed by atoms with Crippen LogP contribution in [0.3, 0.4) is 0 Å². The number of hydrogen-bond acceptors (Lipinski definition) is 12. The van der Waals surface area contributed by atoms with Gasteiger partial charge < -0.3 is 61.3 Å². The van der Waals surface area contributed by atoms with E-state index in [1.54, 1.807) is 0 Å². The molecule has 0 rings (SSSR count). The third-order valence-electron chi connectivity index (χ3n) is 2.36. The molecule has 0 aromatic heterocycles. The largest absolute Gasteiger partial charge is 0.394 e. The highest BCUT2D eigenvalue weighted by Gasteiger charge is 2.29. The normalized spacial score (nSPS) is 15.8. The van der Waals surface area contributed by atoms with Crippen LogP contribution in [0.2, 0.25) is 0 Å². The van der Waals surface area contributed by atoms with Crippen molar-refractivity contribution in [2.45, 2.75) is 36.6 Å². The lowest BCUT2D eigenvalue weighted by Crippen LogP contribution is -2.46. The molecule has 0 aliphatic heterocycles. The van der Waals surface area contributed by atoms with Gasteiger partial charge in [-0.05, 0) is 0 Å². The minimum absolute atomic E-state index is 0.365. The summed E-state index contributed by atoms with van der Waals surface area (Å²) in [4.78, 5) is 0. The molecule has 0 saturated carbocycles. The Morgan fingerprint density at radius 2 is 0.583 bits per heavy atom. The summed E-state index contributed by atoms with van der Waals surface area (Å²) in [6, 6.07) is 0. The predicted molar refractivity (Wildman–Crippen MR) is 78.6 cm³/mol. The second kappa shape index (κ2) is 18.9. The maximum atomic E-state index is 8.96. The molecule has 0 bridgehead atoms. The molecule has 0 amide bonds. The standard InChI is InChI=1S/C6H14O6.2C3H8O3/c7-1-3(9)5(11)6(12)4(10)2-8;2*4-1-3(6)2-5/h3-12H,1-2H2;2*3-6H,1-2H2. The molecule has 0 aliphatic carbocycles. The van der Waals surface area contributed by atoms with Gasteiger partial charge in [-0.15, -0.1) is 0 Å². The lowest BCUT2D eigenvalue weighted by Gasteiger charge is -2.24. The lowest BCUT2D eigenvalue weighted by molar-refractivity contribution is -0.123. The van der Waals surface area contributed by atoms with Gasteiger partial charge in [-0.3, -0.25) is 0 Å². The van der Waals surface area contributed by atoms with Crippen LogP contribution in [-0.4, -0.2) is 138 Å². The van der Waals surface area contributed by atoms with Gasteiger partial charge in [0.05, 0.1) is 39.6 Å². The SMILES string of the molecule is OCC(O)C(O)C(O)C(O)CO.OCC(O)CO.OCC(O)CO. The molecule has 4 unspecified atom stereocenters. The van der Waals surface area contributed by atoms with Crippen molar-refractivity contribution in [1.29, 1.82) is 0 Å². The molecule has 12 nitrogen and oxygen atoms in total. The smallest absolute Gasteiger partial charge is 0.111 e. The molecule has 24 heavy (non-hydrogen) atoms. The van der Waals surface area contributed by atoms with Gasteiger partial charge >= 0.3 is 0 Å². The number of hydrogen-bond donors (Lipinski definition) is 12. The second-order valence-electron chi connectivity index (χ2n) is 4.52. The molecule has 0 fully saturated rings. The Morgan fingerprint density at radius 1 is 0.375 bits per heavy atom. The van der Waals surface area contributed by atoms with Crippen molar-refractivity contribution in [3.8, 4) is 0 Å². The zero-order chi connectivity index (χ0) is 19.7. The van der Waals surface area contributed by atoms with E-state index in [0.29, 0.717) is 0 Å². The van der Waals surface area contributed by atoms with Gasteiger partial charge in [0.15, 0.2) is 0 Å². The monoisotopic (exact) mass is 366 g/mol. The first kappa shape index (κ1) is 28.3. The van der Waals surface area contributed by atoms with Gasteiger partial charge in [0.25, 0.3) is 0 Å². The van der Waals surface area contributed by atoms with Gasteiger partial charge in [-0.25, -0.2) is 0 Å². The topological polar surface area (TPSA) is 243 Å². The Balaban J connectivity index is -0.000000309. The quantitative estimate of drug-likeness (QED) is 0.182. The molecular weight excluding hydrogens is 336 g/mol. The number of aliphatic hydroxyl groups is 12. The summed E-state index contributed by atoms with van der Waals surface area (Å²) in [7, 11) is 0. The third-order valence-corrected chi connectivity index (χ3v) is 2.36. The fourth-order valence-electron chi connectivity index (χ4n) is 0.787. The van der Waals surface area contributed by atoms with Crippen LogP contribution in [0.1, 0.15) is 0 Å². The van der Waals surface area contributed by atoms with Crippen LogP contribution in [0.25, 0.3) is 0 Å². The van der Waals surface area contributed by atoms with Gasteiger partial charge in [-0.2, -0.15) is 0 Å². The van der Waals surface area contributed by atoms with E-state index in [1.807, 2.05) is 0 Å². The highest BCUT2D eigenvalue weighted by molar-refractivity contribution is 4.79. The number of aliphatic hydroxyl groups excluding tert-OH is 12. The van der Waals surface area contributed by atoms with Crippen molar-refractivity contribution in [2.24, 2.45) is 0 Å². The maximum Gasteiger partial charge on any atom is 0.111 e. The van der Waals surface area contributed by atoms with E-state index >= 15 is 0 Å². The van der Waals surface area contributed by atoms with E-state index in [-0.39, 0.29) is 26.4 Å². The average Bonchev–Trinajstić information content (AvgIpc) is 2.64. The lowest BCUT2D eigenvalue weighted by atomic mass is 10.0. The second-order valence-corrected chi connectivity index (χ2v) is 4.52. The van der Waals surface area contributed by atoms with Gasteiger partial charge in [0, 0.05) is 0 Å². The zero-order valence-electron chi connectivity index (χ0n) is 13.1. The highest BCUT2D eigenvalue weighted by Crippen LogP contribution is 2.04. The van der Waals surface area contributed by atoms with Gasteiger partial charge in [0.1, 0.15) is 36.6 Å². The van der Waals surface area contributed by atoms with E-state index < -0.39 is 49.8 Å². The summed E-state index contributed by atoms with van der Waals surface area (Å²) in [5.74, 6) is 0. The van der Waals surface area contributed by atoms with E-state index in [1.165, 1.54) is 0 Å². The number of rotatable bonds is 9. The molecule has 12 N–H and O–H groups in total. The zero-order valence-corrected chi connectivity index (χ0v) is 13.1. The van der Waals surface area contributed by atoms with Crippen LogP contribution in [-0.2, 0) is 0 Å². The Hall–Kier alpha value is -0.480. The summed E-state index contributed by atoms with van der Waals surface area (Å²) in [5, 5.41) is 100. The molecule has 0 aromatic rings. The molecule has 0 radical (unpaired) electrons. The predicted octanol–water partition coefficient (Wildman–Crippen LogP) is -6.92. The van der Waals surface area contributed by atoms with Crippen molar-refractivity contribution in [3.63, 3.8) is 0 Å². The highest BCUT2D eigenvalue weighted by atomic mass is 16.4. The fourth-order valence-corrected chi connectivity index (χ4v) is 0.787. The molecule has 150 valence electrons. The molecule has 0 spiro atoms. The molecule has 0 saturated heterocycles. The van der Waals surface area contributed by atoms with Crippen LogP contribution in [0.15, 0.2) is 0 Å². The molecular formula is C12H30O12. The Kier molecular flexibility index (Phi) is 22.3. The van der Waals surface area contributed by atoms with E-state index in [4.69, 9.17) is 61.3 Å². The van der Waals surface area contributed by atoms with Gasteiger partial charge in [0.2, 0.25) is 0 Å². The van der Waals surface area contributed by atoms with E-state index in [0.717, 1.165) is 0 Å². The first-order valence-corrected chi connectivity index (χ1v) is 6.90. The summed E-state index contributed by atoms with van der Waals surface area (Å²) in [5.41, 5.74) is 0. The van der Waals surface area contributed by atoms with Crippen molar-refractivity contribution >= 4 is 0 Å². The minimum Gasteiger partial charge on any atom is -0.394 e. The Bertz CT molecular complexity index is 212. The summed E-state index contributed by atoms with van der Waals surface area (Å²) in [6.07, 6.45) is -8.30. The van der Waals surface area contributed by atoms with Crippen molar-refractivity contribution < 1.29 is 61.3 Å². The summed E-state index contributed by atoms with van der Waals surface area (Å²) >= 11 is 0. The van der Waals surface area contributed by atoms with Crippen LogP contribution >= 0.6 is 0 Å². The fraction of sp³-hybridized carbons (Fsp3) is 1.00. The Labute approximate surface area is 138 Å². The van der Waals surface area contributed by atoms with Crippen molar-refractivity contribution in [2.75, 3.05) is 39.6 Å². The van der Waals surface area contributed by atoms with Crippen LogP contribution in [0, 0.1) is 0 Å². The summed E-state index contributed by atoms with van der Waals surface area (Å²) < 4.78 is 0. The van der Waals surface area contributed by atoms with E-state index in [9.17, 15) is 0 Å². The molecule has 0 heterocycles. The summed E-state index contributed by atoms with van der Waals surface area (Å²) in [6.45, 7) is -2.91. The third kappa shape index (κ3) is 16.4. The average molecular weight is 366 g/mol. The maximum absolute atomic E-state index is 8.96. The van der Waals surface area contributed by atoms with E-state index in [2.05, 4.69) is 0 Å². The van der Waals surface area contributed by atoms with Crippen molar-refractivity contribution in [3.05, 3.63) is 0 Å². The van der Waals surface area contributed by atoms with Gasteiger partial charge in [-0.1, -0.05) is 0 Å². The first-order valence-electron chi connectivity index (χ1n) is 6.90. The molecule has 4 atom stereocenters. The van der Waals surface area contributed by atoms with Crippen LogP contribution in [0.4, 0.5) is 0 Å². The molecule has 12 heteroatoms. The van der Waals surface area contributed by atoms with Crippen molar-refractivity contribution in [1.82, 2.24) is 0 Å².